The quantitative estimate of drug-likeness (QED) is 0.734. The van der Waals surface area contributed by atoms with Crippen molar-refractivity contribution in [3.8, 4) is 0 Å². The van der Waals surface area contributed by atoms with Crippen LogP contribution in [0.4, 0.5) is 0 Å². The van der Waals surface area contributed by atoms with E-state index in [1.807, 2.05) is 34.6 Å². The lowest BCUT2D eigenvalue weighted by molar-refractivity contribution is -0.126. The maximum atomic E-state index is 11.6. The highest BCUT2D eigenvalue weighted by atomic mass is 16.5. The van der Waals surface area contributed by atoms with Crippen LogP contribution < -0.4 is 5.32 Å². The Balaban J connectivity index is 4.11. The molecule has 0 unspecified atom stereocenters. The topological polar surface area (TPSA) is 38.3 Å². The standard InChI is InChI=1S/C11H23NO2/c1-8(2)10(13)9(12-6)7-14-11(3,4)5/h8-9,12H,7H2,1-6H3/t9-/m0/s1. The third-order valence-corrected chi connectivity index (χ3v) is 1.94. The first kappa shape index (κ1) is 13.6. The lowest BCUT2D eigenvalue weighted by atomic mass is 10.0. The fraction of sp³-hybridized carbons (Fsp3) is 0.909. The van der Waals surface area contributed by atoms with Gasteiger partial charge in [0, 0.05) is 5.92 Å². The molecule has 0 spiro atoms. The molecule has 3 heteroatoms. The first-order valence-corrected chi connectivity index (χ1v) is 5.13. The predicted octanol–water partition coefficient (Wildman–Crippen LogP) is 1.61. The van der Waals surface area contributed by atoms with Crippen molar-refractivity contribution < 1.29 is 9.53 Å². The second-order valence-corrected chi connectivity index (χ2v) is 4.82. The van der Waals surface area contributed by atoms with Crippen molar-refractivity contribution >= 4 is 5.78 Å². The number of ether oxygens (including phenoxy) is 1. The van der Waals surface area contributed by atoms with Gasteiger partial charge in [-0.2, -0.15) is 0 Å². The number of carbonyl (C=O) groups excluding carboxylic acids is 1. The van der Waals surface area contributed by atoms with Gasteiger partial charge in [-0.05, 0) is 27.8 Å². The molecule has 0 aliphatic heterocycles. The minimum atomic E-state index is -0.188. The van der Waals surface area contributed by atoms with Crippen LogP contribution in [-0.2, 0) is 9.53 Å². The van der Waals surface area contributed by atoms with Crippen molar-refractivity contribution in [3.63, 3.8) is 0 Å². The molecule has 84 valence electrons. The van der Waals surface area contributed by atoms with E-state index in [0.717, 1.165) is 0 Å². The fourth-order valence-corrected chi connectivity index (χ4v) is 1.04. The highest BCUT2D eigenvalue weighted by molar-refractivity contribution is 5.85. The predicted molar refractivity (Wildman–Crippen MR) is 58.4 cm³/mol. The fourth-order valence-electron chi connectivity index (χ4n) is 1.04. The summed E-state index contributed by atoms with van der Waals surface area (Å²) in [6.07, 6.45) is 0. The van der Waals surface area contributed by atoms with Gasteiger partial charge in [0.1, 0.15) is 0 Å². The van der Waals surface area contributed by atoms with Gasteiger partial charge in [-0.25, -0.2) is 0 Å². The van der Waals surface area contributed by atoms with Crippen molar-refractivity contribution in [1.29, 1.82) is 0 Å². The molecular weight excluding hydrogens is 178 g/mol. The molecule has 0 saturated carbocycles. The number of hydrogen-bond acceptors (Lipinski definition) is 3. The summed E-state index contributed by atoms with van der Waals surface area (Å²) in [5.74, 6) is 0.257. The summed E-state index contributed by atoms with van der Waals surface area (Å²) >= 11 is 0. The number of likely N-dealkylation sites (N-methyl/N-ethyl adjacent to an activating group) is 1. The molecule has 0 fully saturated rings. The second-order valence-electron chi connectivity index (χ2n) is 4.82. The van der Waals surface area contributed by atoms with Crippen molar-refractivity contribution in [2.24, 2.45) is 5.92 Å². The SMILES string of the molecule is CN[C@@H](COC(C)(C)C)C(=O)C(C)C. The molecule has 0 rings (SSSR count). The number of nitrogens with one attached hydrogen (secondary N) is 1. The minimum absolute atomic E-state index is 0.0519. The van der Waals surface area contributed by atoms with Crippen LogP contribution in [0.25, 0.3) is 0 Å². The number of ketones is 1. The monoisotopic (exact) mass is 201 g/mol. The third-order valence-electron chi connectivity index (χ3n) is 1.94. The number of Topliss-reactive ketones (excluding diaryl/α,β-unsaturated/α-hetero) is 1. The minimum Gasteiger partial charge on any atom is -0.374 e. The summed E-state index contributed by atoms with van der Waals surface area (Å²) in [7, 11) is 1.79. The summed E-state index contributed by atoms with van der Waals surface area (Å²) in [4.78, 5) is 11.6. The first-order chi connectivity index (χ1) is 6.28. The maximum Gasteiger partial charge on any atom is 0.154 e. The van der Waals surface area contributed by atoms with Crippen LogP contribution >= 0.6 is 0 Å². The van der Waals surface area contributed by atoms with Crippen LogP contribution in [0.5, 0.6) is 0 Å². The molecule has 0 aromatic heterocycles. The summed E-state index contributed by atoms with van der Waals surface area (Å²) in [6.45, 7) is 10.2. The molecule has 3 nitrogen and oxygen atoms in total. The molecule has 1 atom stereocenters. The average molecular weight is 201 g/mol. The summed E-state index contributed by atoms with van der Waals surface area (Å²) in [5, 5.41) is 2.98. The smallest absolute Gasteiger partial charge is 0.154 e. The van der Waals surface area contributed by atoms with Gasteiger partial charge in [0.05, 0.1) is 18.2 Å². The van der Waals surface area contributed by atoms with E-state index in [9.17, 15) is 4.79 Å². The van der Waals surface area contributed by atoms with Gasteiger partial charge in [0.25, 0.3) is 0 Å². The molecule has 0 aliphatic rings. The van der Waals surface area contributed by atoms with E-state index >= 15 is 0 Å². The van der Waals surface area contributed by atoms with Gasteiger partial charge >= 0.3 is 0 Å². The Bertz CT molecular complexity index is 182. The van der Waals surface area contributed by atoms with Gasteiger partial charge in [0.2, 0.25) is 0 Å². The van der Waals surface area contributed by atoms with Crippen LogP contribution in [-0.4, -0.2) is 31.1 Å². The Morgan fingerprint density at radius 3 is 2.14 bits per heavy atom. The van der Waals surface area contributed by atoms with Gasteiger partial charge in [-0.3, -0.25) is 4.79 Å². The van der Waals surface area contributed by atoms with Crippen molar-refractivity contribution in [3.05, 3.63) is 0 Å². The molecular formula is C11H23NO2. The molecule has 0 bridgehead atoms. The maximum absolute atomic E-state index is 11.6. The Kier molecular flexibility index (Phi) is 5.31. The number of rotatable bonds is 5. The van der Waals surface area contributed by atoms with Crippen LogP contribution in [0.2, 0.25) is 0 Å². The Morgan fingerprint density at radius 2 is 1.86 bits per heavy atom. The third kappa shape index (κ3) is 5.35. The van der Waals surface area contributed by atoms with E-state index in [-0.39, 0.29) is 23.3 Å². The molecule has 0 aromatic carbocycles. The van der Waals surface area contributed by atoms with Crippen LogP contribution in [0.15, 0.2) is 0 Å². The molecule has 14 heavy (non-hydrogen) atoms. The summed E-state index contributed by atoms with van der Waals surface area (Å²) in [6, 6.07) is -0.186. The molecule has 0 radical (unpaired) electrons. The zero-order chi connectivity index (χ0) is 11.4. The normalized spacial score (nSPS) is 14.5. The van der Waals surface area contributed by atoms with Gasteiger partial charge in [-0.1, -0.05) is 13.8 Å². The molecule has 1 N–H and O–H groups in total. The van der Waals surface area contributed by atoms with Gasteiger partial charge in [-0.15, -0.1) is 0 Å². The van der Waals surface area contributed by atoms with E-state index in [1.54, 1.807) is 7.05 Å². The summed E-state index contributed by atoms with van der Waals surface area (Å²) in [5.41, 5.74) is -0.188. The lowest BCUT2D eigenvalue weighted by Gasteiger charge is -2.24. The molecule has 0 amide bonds. The Morgan fingerprint density at radius 1 is 1.36 bits per heavy atom. The Hall–Kier alpha value is -0.410. The Labute approximate surface area is 87.2 Å². The second kappa shape index (κ2) is 5.47. The zero-order valence-electron chi connectivity index (χ0n) is 10.2. The summed E-state index contributed by atoms with van der Waals surface area (Å²) < 4.78 is 5.57. The zero-order valence-corrected chi connectivity index (χ0v) is 10.2. The van der Waals surface area contributed by atoms with E-state index in [2.05, 4.69) is 5.32 Å². The van der Waals surface area contributed by atoms with Crippen LogP contribution in [0.1, 0.15) is 34.6 Å². The van der Waals surface area contributed by atoms with Crippen LogP contribution in [0.3, 0.4) is 0 Å². The van der Waals surface area contributed by atoms with Crippen molar-refractivity contribution in [1.82, 2.24) is 5.32 Å². The van der Waals surface area contributed by atoms with Crippen molar-refractivity contribution in [2.45, 2.75) is 46.3 Å². The van der Waals surface area contributed by atoms with E-state index < -0.39 is 0 Å². The highest BCUT2D eigenvalue weighted by Crippen LogP contribution is 2.09. The molecule has 0 saturated heterocycles. The van der Waals surface area contributed by atoms with E-state index in [0.29, 0.717) is 6.61 Å². The molecule has 0 heterocycles. The van der Waals surface area contributed by atoms with E-state index in [4.69, 9.17) is 4.74 Å². The largest absolute Gasteiger partial charge is 0.374 e. The van der Waals surface area contributed by atoms with E-state index in [1.165, 1.54) is 0 Å². The lowest BCUT2D eigenvalue weighted by Crippen LogP contribution is -2.42. The van der Waals surface area contributed by atoms with Crippen molar-refractivity contribution in [2.75, 3.05) is 13.7 Å². The number of hydrogen-bond donors (Lipinski definition) is 1. The first-order valence-electron chi connectivity index (χ1n) is 5.13. The number of carbonyl (C=O) groups is 1. The van der Waals surface area contributed by atoms with Crippen LogP contribution in [0, 0.1) is 5.92 Å². The highest BCUT2D eigenvalue weighted by Gasteiger charge is 2.22. The molecule has 0 aromatic rings. The van der Waals surface area contributed by atoms with Gasteiger partial charge in [0.15, 0.2) is 5.78 Å². The molecule has 0 aliphatic carbocycles. The average Bonchev–Trinajstić information content (AvgIpc) is 2.02. The van der Waals surface area contributed by atoms with Gasteiger partial charge < -0.3 is 10.1 Å².